The highest BCUT2D eigenvalue weighted by molar-refractivity contribution is 6.33. The molecule has 2 heterocycles. The van der Waals surface area contributed by atoms with Gasteiger partial charge in [-0.2, -0.15) is 0 Å². The molecule has 1 aromatic rings. The predicted molar refractivity (Wildman–Crippen MR) is 66.1 cm³/mol. The second-order valence-electron chi connectivity index (χ2n) is 3.54. The van der Waals surface area contributed by atoms with E-state index in [1.807, 2.05) is 0 Å². The zero-order valence-electron chi connectivity index (χ0n) is 8.63. The average molecular weight is 259 g/mol. The van der Waals surface area contributed by atoms with Crippen molar-refractivity contribution in [3.63, 3.8) is 0 Å². The van der Waals surface area contributed by atoms with E-state index in [2.05, 4.69) is 26.9 Å². The van der Waals surface area contributed by atoms with E-state index in [9.17, 15) is 0 Å². The summed E-state index contributed by atoms with van der Waals surface area (Å²) in [6.45, 7) is 2.72. The first-order valence-electron chi connectivity index (χ1n) is 5.07. The summed E-state index contributed by atoms with van der Waals surface area (Å²) >= 11 is 11.6. The lowest BCUT2D eigenvalue weighted by Gasteiger charge is -2.15. The van der Waals surface area contributed by atoms with Gasteiger partial charge in [0.2, 0.25) is 0 Å². The third kappa shape index (κ3) is 3.07. The lowest BCUT2D eigenvalue weighted by Crippen LogP contribution is -2.23. The summed E-state index contributed by atoms with van der Waals surface area (Å²) in [6.07, 6.45) is 3.23. The van der Waals surface area contributed by atoms with Gasteiger partial charge in [0.25, 0.3) is 0 Å². The zero-order valence-corrected chi connectivity index (χ0v) is 10.1. The largest absolute Gasteiger partial charge is 0.379 e. The number of hydrogen-bond acceptors (Lipinski definition) is 4. The number of nitrogens with zero attached hydrogens (tertiary/aromatic N) is 2. The van der Waals surface area contributed by atoms with Crippen LogP contribution < -0.4 is 10.6 Å². The molecule has 16 heavy (non-hydrogen) atoms. The van der Waals surface area contributed by atoms with Crippen molar-refractivity contribution in [1.29, 1.82) is 0 Å². The standard InChI is InChI=1S/C10H12Cl2N4/c11-9-5-8(10(12)16-15-9)14-6-7-1-3-13-4-2-7/h1,5,13H,2-4,6H2,(H,14,15). The molecular formula is C10H12Cl2N4. The van der Waals surface area contributed by atoms with Gasteiger partial charge in [0.05, 0.1) is 5.69 Å². The number of hydrogen-bond donors (Lipinski definition) is 2. The molecule has 0 aromatic carbocycles. The van der Waals surface area contributed by atoms with E-state index in [-0.39, 0.29) is 0 Å². The van der Waals surface area contributed by atoms with Gasteiger partial charge >= 0.3 is 0 Å². The number of nitrogens with one attached hydrogen (secondary N) is 2. The van der Waals surface area contributed by atoms with E-state index in [1.54, 1.807) is 6.07 Å². The second kappa shape index (κ2) is 5.48. The molecule has 0 saturated carbocycles. The molecule has 86 valence electrons. The molecule has 0 spiro atoms. The molecule has 6 heteroatoms. The fourth-order valence-electron chi connectivity index (χ4n) is 1.52. The van der Waals surface area contributed by atoms with Crippen molar-refractivity contribution in [3.05, 3.63) is 28.0 Å². The van der Waals surface area contributed by atoms with Crippen molar-refractivity contribution < 1.29 is 0 Å². The maximum atomic E-state index is 5.89. The van der Waals surface area contributed by atoms with Crippen LogP contribution in [0.5, 0.6) is 0 Å². The van der Waals surface area contributed by atoms with Crippen molar-refractivity contribution in [2.45, 2.75) is 6.42 Å². The van der Waals surface area contributed by atoms with E-state index >= 15 is 0 Å². The Bertz CT molecular complexity index is 406. The van der Waals surface area contributed by atoms with Crippen LogP contribution in [0.2, 0.25) is 10.3 Å². The quantitative estimate of drug-likeness (QED) is 0.816. The number of anilines is 1. The minimum absolute atomic E-state index is 0.339. The number of aromatic nitrogens is 2. The number of rotatable bonds is 3. The Morgan fingerprint density at radius 2 is 2.25 bits per heavy atom. The topological polar surface area (TPSA) is 49.8 Å². The minimum atomic E-state index is 0.339. The Balaban J connectivity index is 1.98. The van der Waals surface area contributed by atoms with Crippen molar-refractivity contribution in [2.75, 3.05) is 25.0 Å². The minimum Gasteiger partial charge on any atom is -0.379 e. The summed E-state index contributed by atoms with van der Waals surface area (Å²) in [5, 5.41) is 14.5. The van der Waals surface area contributed by atoms with Gasteiger partial charge in [-0.1, -0.05) is 34.9 Å². The molecule has 1 aliphatic heterocycles. The highest BCUT2D eigenvalue weighted by atomic mass is 35.5. The highest BCUT2D eigenvalue weighted by Crippen LogP contribution is 2.21. The summed E-state index contributed by atoms with van der Waals surface area (Å²) in [4.78, 5) is 0. The molecule has 0 radical (unpaired) electrons. The lowest BCUT2D eigenvalue weighted by atomic mass is 10.1. The Hall–Kier alpha value is -0.840. The third-order valence-electron chi connectivity index (χ3n) is 2.38. The zero-order chi connectivity index (χ0) is 11.4. The molecule has 0 atom stereocenters. The molecule has 2 N–H and O–H groups in total. The van der Waals surface area contributed by atoms with E-state index in [1.165, 1.54) is 5.57 Å². The molecule has 0 amide bonds. The van der Waals surface area contributed by atoms with Crippen molar-refractivity contribution in [2.24, 2.45) is 0 Å². The summed E-state index contributed by atoms with van der Waals surface area (Å²) in [6, 6.07) is 1.68. The summed E-state index contributed by atoms with van der Waals surface area (Å²) in [5.41, 5.74) is 2.09. The normalized spacial score (nSPS) is 15.8. The summed E-state index contributed by atoms with van der Waals surface area (Å²) in [7, 11) is 0. The van der Waals surface area contributed by atoms with Gasteiger partial charge < -0.3 is 10.6 Å². The first kappa shape index (κ1) is 11.6. The van der Waals surface area contributed by atoms with Crippen molar-refractivity contribution in [1.82, 2.24) is 15.5 Å². The maximum absolute atomic E-state index is 5.89. The summed E-state index contributed by atoms with van der Waals surface area (Å²) < 4.78 is 0. The van der Waals surface area contributed by atoms with Crippen molar-refractivity contribution in [3.8, 4) is 0 Å². The van der Waals surface area contributed by atoms with Crippen LogP contribution in [0.1, 0.15) is 6.42 Å². The van der Waals surface area contributed by atoms with Gasteiger partial charge in [0.15, 0.2) is 10.3 Å². The van der Waals surface area contributed by atoms with Gasteiger partial charge in [-0.3, -0.25) is 0 Å². The van der Waals surface area contributed by atoms with Crippen LogP contribution in [0, 0.1) is 0 Å². The van der Waals surface area contributed by atoms with Gasteiger partial charge in [-0.25, -0.2) is 0 Å². The molecule has 0 fully saturated rings. The first-order valence-corrected chi connectivity index (χ1v) is 5.82. The second-order valence-corrected chi connectivity index (χ2v) is 4.29. The molecule has 0 bridgehead atoms. The SMILES string of the molecule is Clc1cc(NCC2=CCNCC2)c(Cl)nn1. The fraction of sp³-hybridized carbons (Fsp3) is 0.400. The Kier molecular flexibility index (Phi) is 3.98. The molecule has 0 saturated heterocycles. The van der Waals surface area contributed by atoms with Crippen LogP contribution in [0.3, 0.4) is 0 Å². The van der Waals surface area contributed by atoms with Crippen LogP contribution >= 0.6 is 23.2 Å². The predicted octanol–water partition coefficient (Wildman–Crippen LogP) is 2.11. The van der Waals surface area contributed by atoms with Crippen LogP contribution in [0.25, 0.3) is 0 Å². The molecule has 2 rings (SSSR count). The fourth-order valence-corrected chi connectivity index (χ4v) is 1.82. The Morgan fingerprint density at radius 1 is 1.38 bits per heavy atom. The molecule has 4 nitrogen and oxygen atoms in total. The Morgan fingerprint density at radius 3 is 3.00 bits per heavy atom. The smallest absolute Gasteiger partial charge is 0.174 e. The van der Waals surface area contributed by atoms with E-state index in [0.717, 1.165) is 31.7 Å². The molecule has 0 unspecified atom stereocenters. The maximum Gasteiger partial charge on any atom is 0.174 e. The van der Waals surface area contributed by atoms with Gasteiger partial charge in [-0.05, 0) is 13.0 Å². The van der Waals surface area contributed by atoms with E-state index in [0.29, 0.717) is 10.3 Å². The monoisotopic (exact) mass is 258 g/mol. The van der Waals surface area contributed by atoms with E-state index in [4.69, 9.17) is 23.2 Å². The average Bonchev–Trinajstić information content (AvgIpc) is 2.32. The van der Waals surface area contributed by atoms with Crippen LogP contribution in [-0.4, -0.2) is 29.8 Å². The molecule has 1 aliphatic rings. The van der Waals surface area contributed by atoms with Crippen LogP contribution in [-0.2, 0) is 0 Å². The van der Waals surface area contributed by atoms with Gasteiger partial charge in [0.1, 0.15) is 0 Å². The van der Waals surface area contributed by atoms with Gasteiger partial charge in [-0.15, -0.1) is 10.2 Å². The van der Waals surface area contributed by atoms with Crippen LogP contribution in [0.4, 0.5) is 5.69 Å². The highest BCUT2D eigenvalue weighted by Gasteiger charge is 2.06. The van der Waals surface area contributed by atoms with Crippen molar-refractivity contribution >= 4 is 28.9 Å². The van der Waals surface area contributed by atoms with Crippen LogP contribution in [0.15, 0.2) is 17.7 Å². The van der Waals surface area contributed by atoms with Gasteiger partial charge in [0, 0.05) is 19.2 Å². The van der Waals surface area contributed by atoms with E-state index < -0.39 is 0 Å². The number of halogens is 2. The molecule has 0 aliphatic carbocycles. The first-order chi connectivity index (χ1) is 7.75. The molecular weight excluding hydrogens is 247 g/mol. The Labute approximate surface area is 104 Å². The third-order valence-corrected chi connectivity index (χ3v) is 2.85. The summed E-state index contributed by atoms with van der Waals surface area (Å²) in [5.74, 6) is 0. The molecule has 1 aromatic heterocycles. The lowest BCUT2D eigenvalue weighted by molar-refractivity contribution is 0.698.